The van der Waals surface area contributed by atoms with Crippen LogP contribution in [0.3, 0.4) is 0 Å². The molecule has 0 aliphatic rings. The Balaban J connectivity index is 2.21. The van der Waals surface area contributed by atoms with Gasteiger partial charge in [0, 0.05) is 37.5 Å². The first-order chi connectivity index (χ1) is 11.6. The molecule has 0 radical (unpaired) electrons. The number of carbonyl (C=O) groups excluding carboxylic acids is 1. The Kier molecular flexibility index (Phi) is 5.19. The molecular weight excluding hydrogens is 346 g/mol. The summed E-state index contributed by atoms with van der Waals surface area (Å²) in [7, 11) is -0.712. The fourth-order valence-electron chi connectivity index (χ4n) is 2.09. The van der Waals surface area contributed by atoms with Gasteiger partial charge in [0.25, 0.3) is 11.6 Å². The first-order valence-corrected chi connectivity index (χ1v) is 8.66. The van der Waals surface area contributed by atoms with E-state index in [9.17, 15) is 23.3 Å². The van der Waals surface area contributed by atoms with Gasteiger partial charge in [-0.05, 0) is 42.8 Å². The molecule has 132 valence electrons. The monoisotopic (exact) mass is 363 g/mol. The van der Waals surface area contributed by atoms with E-state index >= 15 is 0 Å². The molecule has 1 amide bonds. The Hall–Kier alpha value is -2.78. The first-order valence-electron chi connectivity index (χ1n) is 7.22. The molecule has 2 aromatic rings. The van der Waals surface area contributed by atoms with Crippen LogP contribution >= 0.6 is 0 Å². The van der Waals surface area contributed by atoms with Gasteiger partial charge >= 0.3 is 0 Å². The lowest BCUT2D eigenvalue weighted by atomic mass is 10.1. The van der Waals surface area contributed by atoms with Gasteiger partial charge in [-0.15, -0.1) is 0 Å². The Labute approximate surface area is 145 Å². The molecule has 2 rings (SSSR count). The summed E-state index contributed by atoms with van der Waals surface area (Å²) in [5.74, 6) is -0.439. The quantitative estimate of drug-likeness (QED) is 0.648. The molecule has 0 bridgehead atoms. The van der Waals surface area contributed by atoms with Gasteiger partial charge in [0.1, 0.15) is 0 Å². The van der Waals surface area contributed by atoms with Gasteiger partial charge in [0.15, 0.2) is 0 Å². The highest BCUT2D eigenvalue weighted by atomic mass is 32.2. The fourth-order valence-corrected chi connectivity index (χ4v) is 2.99. The highest BCUT2D eigenvalue weighted by Crippen LogP contribution is 2.22. The van der Waals surface area contributed by atoms with Crippen LogP contribution in [0.4, 0.5) is 11.4 Å². The number of aryl methyl sites for hydroxylation is 1. The van der Waals surface area contributed by atoms with Gasteiger partial charge < -0.3 is 5.32 Å². The largest absolute Gasteiger partial charge is 0.322 e. The molecule has 0 spiro atoms. The third kappa shape index (κ3) is 4.01. The normalized spacial score (nSPS) is 11.4. The zero-order chi connectivity index (χ0) is 18.8. The maximum absolute atomic E-state index is 12.3. The Morgan fingerprint density at radius 2 is 1.72 bits per heavy atom. The standard InChI is InChI=1S/C16H17N3O5S/c1-11-10-13(19(21)22)6-9-15(11)17-16(20)12-4-7-14(8-5-12)25(23,24)18(2)3/h4-10H,1-3H3,(H,17,20). The third-order valence-electron chi connectivity index (χ3n) is 3.56. The molecule has 8 nitrogen and oxygen atoms in total. The van der Waals surface area contributed by atoms with Crippen LogP contribution in [0, 0.1) is 17.0 Å². The molecule has 0 fully saturated rings. The van der Waals surface area contributed by atoms with Crippen LogP contribution < -0.4 is 5.32 Å². The zero-order valence-electron chi connectivity index (χ0n) is 13.9. The third-order valence-corrected chi connectivity index (χ3v) is 5.39. The molecule has 0 unspecified atom stereocenters. The predicted molar refractivity (Wildman–Crippen MR) is 93.1 cm³/mol. The number of nitrogens with one attached hydrogen (secondary N) is 1. The van der Waals surface area contributed by atoms with Crippen LogP contribution in [-0.2, 0) is 10.0 Å². The second-order valence-electron chi connectivity index (χ2n) is 5.52. The van der Waals surface area contributed by atoms with Crippen molar-refractivity contribution < 1.29 is 18.1 Å². The average Bonchev–Trinajstić information content (AvgIpc) is 2.56. The Morgan fingerprint density at radius 3 is 2.20 bits per heavy atom. The molecule has 0 heterocycles. The van der Waals surface area contributed by atoms with Crippen LogP contribution in [0.15, 0.2) is 47.4 Å². The molecule has 0 saturated heterocycles. The van der Waals surface area contributed by atoms with Crippen molar-refractivity contribution in [2.75, 3.05) is 19.4 Å². The average molecular weight is 363 g/mol. The fraction of sp³-hybridized carbons (Fsp3) is 0.188. The molecule has 2 aromatic carbocycles. The van der Waals surface area contributed by atoms with Crippen LogP contribution in [-0.4, -0.2) is 37.6 Å². The minimum absolute atomic E-state index is 0.0613. The summed E-state index contributed by atoms with van der Waals surface area (Å²) >= 11 is 0. The number of nitro groups is 1. The van der Waals surface area contributed by atoms with E-state index in [2.05, 4.69) is 5.32 Å². The number of benzene rings is 2. The number of nitro benzene ring substituents is 1. The van der Waals surface area contributed by atoms with E-state index in [0.717, 1.165) is 4.31 Å². The number of nitrogens with zero attached hydrogens (tertiary/aromatic N) is 2. The number of rotatable bonds is 5. The van der Waals surface area contributed by atoms with Gasteiger partial charge in [-0.25, -0.2) is 12.7 Å². The predicted octanol–water partition coefficient (Wildman–Crippen LogP) is 2.41. The van der Waals surface area contributed by atoms with E-state index in [-0.39, 0.29) is 16.1 Å². The van der Waals surface area contributed by atoms with E-state index in [4.69, 9.17) is 0 Å². The maximum Gasteiger partial charge on any atom is 0.269 e. The van der Waals surface area contributed by atoms with Gasteiger partial charge in [-0.1, -0.05) is 0 Å². The summed E-state index contributed by atoms with van der Waals surface area (Å²) in [6, 6.07) is 9.65. The first kappa shape index (κ1) is 18.6. The second kappa shape index (κ2) is 6.99. The van der Waals surface area contributed by atoms with Gasteiger partial charge in [0.05, 0.1) is 9.82 Å². The van der Waals surface area contributed by atoms with Gasteiger partial charge in [-0.2, -0.15) is 0 Å². The topological polar surface area (TPSA) is 110 Å². The number of non-ortho nitro benzene ring substituents is 1. The van der Waals surface area contributed by atoms with E-state index in [1.165, 1.54) is 56.6 Å². The maximum atomic E-state index is 12.3. The summed E-state index contributed by atoms with van der Waals surface area (Å²) in [5.41, 5.74) is 1.21. The van der Waals surface area contributed by atoms with Crippen LogP contribution in [0.5, 0.6) is 0 Å². The van der Waals surface area contributed by atoms with E-state index < -0.39 is 20.9 Å². The second-order valence-corrected chi connectivity index (χ2v) is 7.67. The smallest absolute Gasteiger partial charge is 0.269 e. The lowest BCUT2D eigenvalue weighted by Crippen LogP contribution is -2.22. The molecule has 25 heavy (non-hydrogen) atoms. The number of hydrogen-bond acceptors (Lipinski definition) is 5. The van der Waals surface area contributed by atoms with Crippen molar-refractivity contribution in [2.45, 2.75) is 11.8 Å². The summed E-state index contributed by atoms with van der Waals surface area (Å²) < 4.78 is 25.1. The highest BCUT2D eigenvalue weighted by Gasteiger charge is 2.18. The SMILES string of the molecule is Cc1cc([N+](=O)[O-])ccc1NC(=O)c1ccc(S(=O)(=O)N(C)C)cc1. The molecule has 1 N–H and O–H groups in total. The molecule has 9 heteroatoms. The van der Waals surface area contributed by atoms with Gasteiger partial charge in [0.2, 0.25) is 10.0 Å². The number of hydrogen-bond donors (Lipinski definition) is 1. The zero-order valence-corrected chi connectivity index (χ0v) is 14.7. The summed E-state index contributed by atoms with van der Waals surface area (Å²) in [4.78, 5) is 22.6. The number of anilines is 1. The van der Waals surface area contributed by atoms with Crippen LogP contribution in [0.2, 0.25) is 0 Å². The Bertz CT molecular complexity index is 921. The van der Waals surface area contributed by atoms with Crippen molar-refractivity contribution in [3.8, 4) is 0 Å². The van der Waals surface area contributed by atoms with Crippen molar-refractivity contribution in [3.05, 3.63) is 63.7 Å². The summed E-state index contributed by atoms with van der Waals surface area (Å²) in [6.07, 6.45) is 0. The Morgan fingerprint density at radius 1 is 1.12 bits per heavy atom. The molecular formula is C16H17N3O5S. The van der Waals surface area contributed by atoms with Crippen molar-refractivity contribution in [3.63, 3.8) is 0 Å². The van der Waals surface area contributed by atoms with Crippen LogP contribution in [0.1, 0.15) is 15.9 Å². The lowest BCUT2D eigenvalue weighted by Gasteiger charge is -2.12. The lowest BCUT2D eigenvalue weighted by molar-refractivity contribution is -0.384. The molecule has 0 aromatic heterocycles. The van der Waals surface area contributed by atoms with E-state index in [0.29, 0.717) is 11.3 Å². The molecule has 0 aliphatic heterocycles. The highest BCUT2D eigenvalue weighted by molar-refractivity contribution is 7.89. The van der Waals surface area contributed by atoms with Crippen molar-refractivity contribution in [2.24, 2.45) is 0 Å². The van der Waals surface area contributed by atoms with Crippen molar-refractivity contribution in [1.82, 2.24) is 4.31 Å². The number of sulfonamides is 1. The van der Waals surface area contributed by atoms with Crippen LogP contribution in [0.25, 0.3) is 0 Å². The molecule has 0 aliphatic carbocycles. The summed E-state index contributed by atoms with van der Waals surface area (Å²) in [5, 5.41) is 13.4. The number of carbonyl (C=O) groups is 1. The van der Waals surface area contributed by atoms with Crippen molar-refractivity contribution >= 4 is 27.3 Å². The number of amides is 1. The van der Waals surface area contributed by atoms with Gasteiger partial charge in [-0.3, -0.25) is 14.9 Å². The van der Waals surface area contributed by atoms with Crippen molar-refractivity contribution in [1.29, 1.82) is 0 Å². The molecule has 0 saturated carbocycles. The van der Waals surface area contributed by atoms with E-state index in [1.807, 2.05) is 0 Å². The summed E-state index contributed by atoms with van der Waals surface area (Å²) in [6.45, 7) is 1.65. The molecule has 0 atom stereocenters. The van der Waals surface area contributed by atoms with E-state index in [1.54, 1.807) is 6.92 Å². The minimum Gasteiger partial charge on any atom is -0.322 e. The minimum atomic E-state index is -3.56.